The molecule has 2 N–H and O–H groups in total. The summed E-state index contributed by atoms with van der Waals surface area (Å²) in [5.74, 6) is 0.0819. The molecule has 0 fully saturated rings. The summed E-state index contributed by atoms with van der Waals surface area (Å²) in [6, 6.07) is 5.91. The fourth-order valence-corrected chi connectivity index (χ4v) is 1.20. The van der Waals surface area contributed by atoms with Crippen LogP contribution in [0.25, 0.3) is 0 Å². The Morgan fingerprint density at radius 3 is 2.81 bits per heavy atom. The Bertz CT molecular complexity index is 318. The summed E-state index contributed by atoms with van der Waals surface area (Å²) in [6.07, 6.45) is -0.761. The fraction of sp³-hybridized carbons (Fsp3) is 0.500. The number of hydrogen-bond acceptors (Lipinski definition) is 3. The molecule has 1 aromatic carbocycles. The SMILES string of the molecule is CC(C)CONCC(O)c1cccc(F)c1. The first-order valence-corrected chi connectivity index (χ1v) is 5.37. The highest BCUT2D eigenvalue weighted by Crippen LogP contribution is 2.12. The molecule has 0 bridgehead atoms. The summed E-state index contributed by atoms with van der Waals surface area (Å²) in [5.41, 5.74) is 3.20. The van der Waals surface area contributed by atoms with E-state index in [1.807, 2.05) is 13.8 Å². The van der Waals surface area contributed by atoms with Crippen molar-refractivity contribution in [2.45, 2.75) is 20.0 Å². The van der Waals surface area contributed by atoms with E-state index < -0.39 is 6.10 Å². The van der Waals surface area contributed by atoms with Gasteiger partial charge in [0.2, 0.25) is 0 Å². The van der Waals surface area contributed by atoms with Gasteiger partial charge in [-0.15, -0.1) is 0 Å². The van der Waals surface area contributed by atoms with E-state index in [4.69, 9.17) is 4.84 Å². The molecular formula is C12H18FNO2. The Morgan fingerprint density at radius 1 is 1.44 bits per heavy atom. The maximum Gasteiger partial charge on any atom is 0.123 e. The van der Waals surface area contributed by atoms with Gasteiger partial charge in [0, 0.05) is 0 Å². The summed E-state index contributed by atoms with van der Waals surface area (Å²) in [6.45, 7) is 4.89. The van der Waals surface area contributed by atoms with E-state index in [-0.39, 0.29) is 12.4 Å². The van der Waals surface area contributed by atoms with Crippen molar-refractivity contribution >= 4 is 0 Å². The van der Waals surface area contributed by atoms with Crippen molar-refractivity contribution in [1.82, 2.24) is 5.48 Å². The molecule has 0 aliphatic carbocycles. The van der Waals surface area contributed by atoms with Crippen molar-refractivity contribution in [3.05, 3.63) is 35.6 Å². The Labute approximate surface area is 95.2 Å². The minimum absolute atomic E-state index is 0.246. The summed E-state index contributed by atoms with van der Waals surface area (Å²) in [7, 11) is 0. The summed E-state index contributed by atoms with van der Waals surface area (Å²) < 4.78 is 12.9. The van der Waals surface area contributed by atoms with E-state index >= 15 is 0 Å². The monoisotopic (exact) mass is 227 g/mol. The number of aliphatic hydroxyl groups excluding tert-OH is 1. The quantitative estimate of drug-likeness (QED) is 0.577. The lowest BCUT2D eigenvalue weighted by Crippen LogP contribution is -2.23. The molecule has 0 amide bonds. The molecule has 0 aliphatic rings. The predicted octanol–water partition coefficient (Wildman–Crippen LogP) is 2.04. The molecule has 0 aliphatic heterocycles. The predicted molar refractivity (Wildman–Crippen MR) is 60.2 cm³/mol. The molecular weight excluding hydrogens is 209 g/mol. The van der Waals surface area contributed by atoms with Crippen LogP contribution in [0.2, 0.25) is 0 Å². The van der Waals surface area contributed by atoms with Crippen LogP contribution in [0.1, 0.15) is 25.5 Å². The highest BCUT2D eigenvalue weighted by Gasteiger charge is 2.07. The van der Waals surface area contributed by atoms with E-state index in [0.29, 0.717) is 18.1 Å². The van der Waals surface area contributed by atoms with Crippen LogP contribution in [0, 0.1) is 11.7 Å². The highest BCUT2D eigenvalue weighted by atomic mass is 19.1. The normalized spacial score (nSPS) is 13.1. The van der Waals surface area contributed by atoms with Gasteiger partial charge < -0.3 is 9.94 Å². The lowest BCUT2D eigenvalue weighted by molar-refractivity contribution is 0.000294. The molecule has 1 rings (SSSR count). The molecule has 0 radical (unpaired) electrons. The topological polar surface area (TPSA) is 41.5 Å². The van der Waals surface area contributed by atoms with Gasteiger partial charge >= 0.3 is 0 Å². The average Bonchev–Trinajstić information content (AvgIpc) is 2.24. The van der Waals surface area contributed by atoms with Crippen molar-refractivity contribution in [3.63, 3.8) is 0 Å². The van der Waals surface area contributed by atoms with Gasteiger partial charge in [0.25, 0.3) is 0 Å². The fourth-order valence-electron chi connectivity index (χ4n) is 1.20. The molecule has 0 heterocycles. The van der Waals surface area contributed by atoms with Gasteiger partial charge in [-0.3, -0.25) is 0 Å². The zero-order chi connectivity index (χ0) is 12.0. The standard InChI is InChI=1S/C12H18FNO2/c1-9(2)8-16-14-7-12(15)10-4-3-5-11(13)6-10/h3-6,9,12,14-15H,7-8H2,1-2H3. The molecule has 1 aromatic rings. The van der Waals surface area contributed by atoms with Crippen molar-refractivity contribution in [1.29, 1.82) is 0 Å². The molecule has 3 nitrogen and oxygen atoms in total. The third kappa shape index (κ3) is 4.70. The third-order valence-corrected chi connectivity index (χ3v) is 2.03. The van der Waals surface area contributed by atoms with Gasteiger partial charge in [0.05, 0.1) is 19.3 Å². The molecule has 0 spiro atoms. The Kier molecular flexibility index (Phi) is 5.38. The number of halogens is 1. The van der Waals surface area contributed by atoms with Crippen LogP contribution in [-0.4, -0.2) is 18.3 Å². The number of nitrogens with one attached hydrogen (secondary N) is 1. The van der Waals surface area contributed by atoms with E-state index in [1.54, 1.807) is 12.1 Å². The molecule has 16 heavy (non-hydrogen) atoms. The molecule has 0 aromatic heterocycles. The number of hydrogen-bond donors (Lipinski definition) is 2. The first kappa shape index (κ1) is 13.1. The number of benzene rings is 1. The molecule has 4 heteroatoms. The lowest BCUT2D eigenvalue weighted by atomic mass is 10.1. The van der Waals surface area contributed by atoms with Crippen LogP contribution in [0.15, 0.2) is 24.3 Å². The van der Waals surface area contributed by atoms with Crippen molar-refractivity contribution < 1.29 is 14.3 Å². The first-order chi connectivity index (χ1) is 7.59. The second-order valence-corrected chi connectivity index (χ2v) is 4.12. The lowest BCUT2D eigenvalue weighted by Gasteiger charge is -2.13. The van der Waals surface area contributed by atoms with Crippen LogP contribution in [0.3, 0.4) is 0 Å². The van der Waals surface area contributed by atoms with Crippen molar-refractivity contribution in [3.8, 4) is 0 Å². The minimum atomic E-state index is -0.761. The van der Waals surface area contributed by atoms with Crippen LogP contribution >= 0.6 is 0 Å². The largest absolute Gasteiger partial charge is 0.387 e. The van der Waals surface area contributed by atoms with E-state index in [9.17, 15) is 9.50 Å². The molecule has 0 saturated carbocycles. The second kappa shape index (κ2) is 6.58. The molecule has 1 atom stereocenters. The van der Waals surface area contributed by atoms with E-state index in [2.05, 4.69) is 5.48 Å². The zero-order valence-electron chi connectivity index (χ0n) is 9.61. The zero-order valence-corrected chi connectivity index (χ0v) is 9.61. The van der Waals surface area contributed by atoms with Gasteiger partial charge in [0.15, 0.2) is 0 Å². The van der Waals surface area contributed by atoms with Crippen LogP contribution < -0.4 is 5.48 Å². The molecule has 1 unspecified atom stereocenters. The van der Waals surface area contributed by atoms with Gasteiger partial charge in [-0.25, -0.2) is 4.39 Å². The maximum atomic E-state index is 12.9. The number of aliphatic hydroxyl groups is 1. The minimum Gasteiger partial charge on any atom is -0.387 e. The van der Waals surface area contributed by atoms with Crippen LogP contribution in [-0.2, 0) is 4.84 Å². The van der Waals surface area contributed by atoms with Gasteiger partial charge in [-0.05, 0) is 23.6 Å². The average molecular weight is 227 g/mol. The number of rotatable bonds is 6. The maximum absolute atomic E-state index is 12.9. The van der Waals surface area contributed by atoms with E-state index in [1.165, 1.54) is 12.1 Å². The van der Waals surface area contributed by atoms with Crippen molar-refractivity contribution in [2.75, 3.05) is 13.2 Å². The third-order valence-electron chi connectivity index (χ3n) is 2.03. The Hall–Kier alpha value is -0.970. The van der Waals surface area contributed by atoms with Gasteiger partial charge in [-0.1, -0.05) is 26.0 Å². The van der Waals surface area contributed by atoms with Crippen molar-refractivity contribution in [2.24, 2.45) is 5.92 Å². The van der Waals surface area contributed by atoms with E-state index in [0.717, 1.165) is 0 Å². The first-order valence-electron chi connectivity index (χ1n) is 5.37. The van der Waals surface area contributed by atoms with Gasteiger partial charge in [-0.2, -0.15) is 5.48 Å². The second-order valence-electron chi connectivity index (χ2n) is 4.12. The Balaban J connectivity index is 2.32. The summed E-state index contributed by atoms with van der Waals surface area (Å²) in [5, 5.41) is 9.70. The Morgan fingerprint density at radius 2 is 2.19 bits per heavy atom. The number of hydroxylamine groups is 1. The van der Waals surface area contributed by atoms with Gasteiger partial charge in [0.1, 0.15) is 5.82 Å². The van der Waals surface area contributed by atoms with Crippen LogP contribution in [0.5, 0.6) is 0 Å². The molecule has 0 saturated heterocycles. The summed E-state index contributed by atoms with van der Waals surface area (Å²) in [4.78, 5) is 5.11. The van der Waals surface area contributed by atoms with Crippen LogP contribution in [0.4, 0.5) is 4.39 Å². The summed E-state index contributed by atoms with van der Waals surface area (Å²) >= 11 is 0. The molecule has 90 valence electrons. The smallest absolute Gasteiger partial charge is 0.123 e. The highest BCUT2D eigenvalue weighted by molar-refractivity contribution is 5.18.